The second kappa shape index (κ2) is 10.1. The number of rotatable bonds is 4. The van der Waals surface area contributed by atoms with Crippen LogP contribution >= 0.6 is 0 Å². The van der Waals surface area contributed by atoms with Gasteiger partial charge < -0.3 is 14.8 Å². The Hall–Kier alpha value is -4.03. The zero-order valence-electron chi connectivity index (χ0n) is 23.0. The second-order valence-electron chi connectivity index (χ2n) is 10.8. The third-order valence-electron chi connectivity index (χ3n) is 8.10. The van der Waals surface area contributed by atoms with Crippen molar-refractivity contribution in [3.63, 3.8) is 0 Å². The van der Waals surface area contributed by atoms with Gasteiger partial charge in [-0.2, -0.15) is 13.2 Å². The molecule has 2 saturated heterocycles. The molecule has 41 heavy (non-hydrogen) atoms. The zero-order valence-corrected chi connectivity index (χ0v) is 23.0. The first-order valence-electron chi connectivity index (χ1n) is 13.5. The van der Waals surface area contributed by atoms with E-state index in [-0.39, 0.29) is 17.9 Å². The lowest BCUT2D eigenvalue weighted by Crippen LogP contribution is -2.54. The molecular formula is C29H30F3N7O2. The number of nitrogens with one attached hydrogen (secondary N) is 1. The number of nitrogens with zero attached hydrogens (tertiary/aromatic N) is 6. The first-order chi connectivity index (χ1) is 19.5. The van der Waals surface area contributed by atoms with Crippen molar-refractivity contribution in [3.8, 4) is 11.4 Å². The van der Waals surface area contributed by atoms with E-state index < -0.39 is 11.7 Å². The van der Waals surface area contributed by atoms with Crippen LogP contribution in [-0.2, 0) is 15.8 Å². The molecule has 2 aromatic carbocycles. The van der Waals surface area contributed by atoms with Gasteiger partial charge in [0.15, 0.2) is 5.82 Å². The molecule has 12 heteroatoms. The molecule has 6 rings (SSSR count). The van der Waals surface area contributed by atoms with Crippen LogP contribution in [0.1, 0.15) is 18.1 Å². The molecule has 0 aliphatic carbocycles. The lowest BCUT2D eigenvalue weighted by Gasteiger charge is -2.36. The average molecular weight is 566 g/mol. The van der Waals surface area contributed by atoms with E-state index in [0.717, 1.165) is 35.5 Å². The number of likely N-dealkylation sites (N-methyl/N-ethyl adjacent to an activating group) is 1. The molecular weight excluding hydrogens is 535 g/mol. The van der Waals surface area contributed by atoms with Crippen LogP contribution in [0, 0.1) is 6.92 Å². The van der Waals surface area contributed by atoms with Crippen molar-refractivity contribution in [3.05, 3.63) is 65.0 Å². The number of hydrazine groups is 1. The van der Waals surface area contributed by atoms with Gasteiger partial charge in [-0.15, -0.1) is 0 Å². The number of anilines is 1. The summed E-state index contributed by atoms with van der Waals surface area (Å²) in [5.41, 5.74) is 7.08. The van der Waals surface area contributed by atoms with Crippen molar-refractivity contribution < 1.29 is 22.8 Å². The number of hydrogen-bond donors (Lipinski definition) is 1. The van der Waals surface area contributed by atoms with Gasteiger partial charge in [-0.1, -0.05) is 0 Å². The SMILES string of the molecule is CC1=C2C(=O)N(c3ccc(-c4ncc5cc(C(F)(F)F)ccc5n4)cc3C)CCN2NC1CN1CCN(C)C(=O)C1. The summed E-state index contributed by atoms with van der Waals surface area (Å²) in [7, 11) is 1.81. The smallest absolute Gasteiger partial charge is 0.343 e. The molecule has 1 atom stereocenters. The molecule has 2 amide bonds. The topological polar surface area (TPSA) is 84.9 Å². The highest BCUT2D eigenvalue weighted by atomic mass is 19.4. The van der Waals surface area contributed by atoms with Crippen molar-refractivity contribution >= 4 is 28.4 Å². The Labute approximate surface area is 235 Å². The van der Waals surface area contributed by atoms with Gasteiger partial charge in [0.05, 0.1) is 30.2 Å². The van der Waals surface area contributed by atoms with E-state index in [1.54, 1.807) is 9.80 Å². The van der Waals surface area contributed by atoms with Gasteiger partial charge in [0.1, 0.15) is 5.70 Å². The van der Waals surface area contributed by atoms with Crippen LogP contribution in [0.25, 0.3) is 22.3 Å². The molecule has 4 heterocycles. The summed E-state index contributed by atoms with van der Waals surface area (Å²) in [6, 6.07) is 8.94. The number of benzene rings is 2. The van der Waals surface area contributed by atoms with Crippen molar-refractivity contribution in [2.24, 2.45) is 0 Å². The molecule has 0 spiro atoms. The minimum atomic E-state index is -4.43. The monoisotopic (exact) mass is 565 g/mol. The number of amides is 2. The van der Waals surface area contributed by atoms with Crippen molar-refractivity contribution in [2.45, 2.75) is 26.1 Å². The molecule has 3 aliphatic rings. The Bertz CT molecular complexity index is 1590. The van der Waals surface area contributed by atoms with Crippen LogP contribution < -0.4 is 10.3 Å². The predicted molar refractivity (Wildman–Crippen MR) is 147 cm³/mol. The van der Waals surface area contributed by atoms with E-state index in [0.29, 0.717) is 60.7 Å². The standard InChI is InChI=1S/C29H30F3N7O2/c1-17-12-19(27-33-14-20-13-21(29(30,31)32)5-6-22(20)34-27)4-7-24(17)38-10-11-39-26(28(38)41)18(2)23(35-39)15-37-9-8-36(3)25(40)16-37/h4-7,12-14,23,35H,8-11,15-16H2,1-3H3. The highest BCUT2D eigenvalue weighted by Crippen LogP contribution is 2.34. The fraction of sp³-hybridized carbons (Fsp3) is 0.379. The maximum Gasteiger partial charge on any atom is 0.416 e. The summed E-state index contributed by atoms with van der Waals surface area (Å²) < 4.78 is 39.2. The summed E-state index contributed by atoms with van der Waals surface area (Å²) >= 11 is 0. The predicted octanol–water partition coefficient (Wildman–Crippen LogP) is 3.21. The summed E-state index contributed by atoms with van der Waals surface area (Å²) in [5, 5.41) is 2.24. The van der Waals surface area contributed by atoms with Crippen LogP contribution in [0.2, 0.25) is 0 Å². The largest absolute Gasteiger partial charge is 0.416 e. The van der Waals surface area contributed by atoms with E-state index in [2.05, 4.69) is 20.3 Å². The lowest BCUT2D eigenvalue weighted by molar-refractivity contribution is -0.137. The molecule has 2 fully saturated rings. The Kier molecular flexibility index (Phi) is 6.69. The quantitative estimate of drug-likeness (QED) is 0.520. The summed E-state index contributed by atoms with van der Waals surface area (Å²) in [6.07, 6.45) is -3.03. The van der Waals surface area contributed by atoms with Crippen LogP contribution in [-0.4, -0.2) is 88.9 Å². The van der Waals surface area contributed by atoms with Gasteiger partial charge >= 0.3 is 6.18 Å². The summed E-state index contributed by atoms with van der Waals surface area (Å²) in [4.78, 5) is 40.3. The Morgan fingerprint density at radius 3 is 2.56 bits per heavy atom. The number of piperazine rings is 2. The number of halogens is 3. The van der Waals surface area contributed by atoms with E-state index in [9.17, 15) is 22.8 Å². The van der Waals surface area contributed by atoms with Gasteiger partial charge in [0.25, 0.3) is 5.91 Å². The molecule has 1 unspecified atom stereocenters. The Morgan fingerprint density at radius 2 is 1.83 bits per heavy atom. The van der Waals surface area contributed by atoms with Gasteiger partial charge in [-0.3, -0.25) is 14.5 Å². The Balaban J connectivity index is 1.21. The molecule has 3 aliphatic heterocycles. The first kappa shape index (κ1) is 27.2. The number of aryl methyl sites for hydroxylation is 1. The molecule has 214 valence electrons. The fourth-order valence-corrected chi connectivity index (χ4v) is 5.69. The molecule has 3 aromatic rings. The first-order valence-corrected chi connectivity index (χ1v) is 13.5. The summed E-state index contributed by atoms with van der Waals surface area (Å²) in [6.45, 7) is 7.50. The van der Waals surface area contributed by atoms with Gasteiger partial charge in [-0.25, -0.2) is 15.4 Å². The van der Waals surface area contributed by atoms with E-state index in [4.69, 9.17) is 0 Å². The number of hydrogen-bond acceptors (Lipinski definition) is 7. The average Bonchev–Trinajstić information content (AvgIpc) is 3.25. The van der Waals surface area contributed by atoms with Crippen LogP contribution in [0.5, 0.6) is 0 Å². The Morgan fingerprint density at radius 1 is 1.02 bits per heavy atom. The minimum Gasteiger partial charge on any atom is -0.343 e. The van der Waals surface area contributed by atoms with Gasteiger partial charge in [0, 0.05) is 56.1 Å². The van der Waals surface area contributed by atoms with Crippen LogP contribution in [0.3, 0.4) is 0 Å². The molecule has 0 saturated carbocycles. The number of carbonyl (C=O) groups excluding carboxylic acids is 2. The van der Waals surface area contributed by atoms with Crippen molar-refractivity contribution in [1.29, 1.82) is 0 Å². The van der Waals surface area contributed by atoms with Crippen molar-refractivity contribution in [2.75, 3.05) is 51.2 Å². The number of alkyl halides is 3. The van der Waals surface area contributed by atoms with Crippen molar-refractivity contribution in [1.82, 2.24) is 30.2 Å². The molecule has 9 nitrogen and oxygen atoms in total. The maximum absolute atomic E-state index is 13.7. The lowest BCUT2D eigenvalue weighted by atomic mass is 10.0. The molecule has 1 aromatic heterocycles. The zero-order chi connectivity index (χ0) is 29.1. The number of carbonyl (C=O) groups is 2. The third kappa shape index (κ3) is 5.02. The molecule has 0 radical (unpaired) electrons. The van der Waals surface area contributed by atoms with E-state index in [1.807, 2.05) is 44.1 Å². The summed E-state index contributed by atoms with van der Waals surface area (Å²) in [5.74, 6) is 0.409. The highest BCUT2D eigenvalue weighted by molar-refractivity contribution is 6.07. The second-order valence-corrected chi connectivity index (χ2v) is 10.8. The number of fused-ring (bicyclic) bond motifs is 2. The molecule has 1 N–H and O–H groups in total. The number of aromatic nitrogens is 2. The normalized spacial score (nSPS) is 20.4. The van der Waals surface area contributed by atoms with E-state index in [1.165, 1.54) is 12.3 Å². The highest BCUT2D eigenvalue weighted by Gasteiger charge is 2.40. The third-order valence-corrected chi connectivity index (χ3v) is 8.10. The van der Waals surface area contributed by atoms with E-state index >= 15 is 0 Å². The van der Waals surface area contributed by atoms with Gasteiger partial charge in [-0.05, 0) is 61.4 Å². The van der Waals surface area contributed by atoms with Crippen LogP contribution in [0.4, 0.5) is 18.9 Å². The van der Waals surface area contributed by atoms with Gasteiger partial charge in [0.2, 0.25) is 5.91 Å². The fourth-order valence-electron chi connectivity index (χ4n) is 5.69. The van der Waals surface area contributed by atoms with Crippen LogP contribution in [0.15, 0.2) is 53.9 Å². The molecule has 0 bridgehead atoms. The minimum absolute atomic E-state index is 0.0501. The maximum atomic E-state index is 13.7.